The Balaban J connectivity index is 1.38. The van der Waals surface area contributed by atoms with Crippen LogP contribution < -0.4 is 4.74 Å². The quantitative estimate of drug-likeness (QED) is 0.740. The molecule has 0 spiro atoms. The molecule has 4 rings (SSSR count). The van der Waals surface area contributed by atoms with Crippen molar-refractivity contribution in [2.45, 2.75) is 38.0 Å². The van der Waals surface area contributed by atoms with Crippen molar-refractivity contribution in [2.24, 2.45) is 0 Å². The van der Waals surface area contributed by atoms with Gasteiger partial charge >= 0.3 is 0 Å². The SMILES string of the molecule is COc1cccc2c1CCCC2CN(C)CCc1ccc2c(c1)CC=C2. The minimum atomic E-state index is 0.628. The number of fused-ring (bicyclic) bond motifs is 2. The Morgan fingerprint density at radius 3 is 3.00 bits per heavy atom. The molecule has 0 amide bonds. The van der Waals surface area contributed by atoms with Crippen LogP contribution in [0.2, 0.25) is 0 Å². The van der Waals surface area contributed by atoms with Crippen LogP contribution in [-0.4, -0.2) is 32.1 Å². The summed E-state index contributed by atoms with van der Waals surface area (Å²) in [6.45, 7) is 2.24. The lowest BCUT2D eigenvalue weighted by Gasteiger charge is -2.30. The summed E-state index contributed by atoms with van der Waals surface area (Å²) in [5.41, 5.74) is 7.29. The van der Waals surface area contributed by atoms with E-state index in [0.29, 0.717) is 5.92 Å². The Morgan fingerprint density at radius 1 is 1.19 bits per heavy atom. The van der Waals surface area contributed by atoms with E-state index in [2.05, 4.69) is 60.5 Å². The van der Waals surface area contributed by atoms with Crippen LogP contribution in [0.1, 0.15) is 46.6 Å². The van der Waals surface area contributed by atoms with Gasteiger partial charge in [-0.1, -0.05) is 42.5 Å². The Hall–Kier alpha value is -2.06. The maximum absolute atomic E-state index is 5.59. The minimum Gasteiger partial charge on any atom is -0.496 e. The topological polar surface area (TPSA) is 12.5 Å². The molecule has 136 valence electrons. The van der Waals surface area contributed by atoms with Crippen LogP contribution in [0.25, 0.3) is 6.08 Å². The minimum absolute atomic E-state index is 0.628. The van der Waals surface area contributed by atoms with E-state index in [1.54, 1.807) is 7.11 Å². The maximum Gasteiger partial charge on any atom is 0.122 e. The van der Waals surface area contributed by atoms with E-state index in [0.717, 1.165) is 38.1 Å². The molecular weight excluding hydrogens is 318 g/mol. The van der Waals surface area contributed by atoms with Gasteiger partial charge in [0.2, 0.25) is 0 Å². The van der Waals surface area contributed by atoms with Gasteiger partial charge in [0.15, 0.2) is 0 Å². The Kier molecular flexibility index (Phi) is 5.12. The fraction of sp³-hybridized carbons (Fsp3) is 0.417. The van der Waals surface area contributed by atoms with Gasteiger partial charge in [-0.2, -0.15) is 0 Å². The normalized spacial score (nSPS) is 18.0. The molecule has 0 saturated carbocycles. The molecule has 0 bridgehead atoms. The van der Waals surface area contributed by atoms with Gasteiger partial charge in [0.1, 0.15) is 5.75 Å². The van der Waals surface area contributed by atoms with Crippen LogP contribution in [-0.2, 0) is 19.3 Å². The summed E-state index contributed by atoms with van der Waals surface area (Å²) >= 11 is 0. The number of likely N-dealkylation sites (N-methyl/N-ethyl adjacent to an activating group) is 1. The second-order valence-corrected chi connectivity index (χ2v) is 7.77. The number of rotatable bonds is 6. The highest BCUT2D eigenvalue weighted by Gasteiger charge is 2.23. The average molecular weight is 348 g/mol. The van der Waals surface area contributed by atoms with Crippen LogP contribution in [0.3, 0.4) is 0 Å². The summed E-state index contributed by atoms with van der Waals surface area (Å²) in [5.74, 6) is 1.70. The molecule has 0 fully saturated rings. The van der Waals surface area contributed by atoms with Crippen molar-refractivity contribution >= 4 is 6.08 Å². The van der Waals surface area contributed by atoms with E-state index in [1.165, 1.54) is 40.7 Å². The van der Waals surface area contributed by atoms with Crippen molar-refractivity contribution in [3.05, 3.63) is 70.3 Å². The first-order chi connectivity index (χ1) is 12.7. The molecule has 2 aromatic rings. The van der Waals surface area contributed by atoms with Gasteiger partial charge in [0, 0.05) is 13.1 Å². The molecule has 0 saturated heterocycles. The van der Waals surface area contributed by atoms with Gasteiger partial charge in [-0.3, -0.25) is 0 Å². The van der Waals surface area contributed by atoms with Crippen LogP contribution in [0.15, 0.2) is 42.5 Å². The number of hydrogen-bond donors (Lipinski definition) is 0. The zero-order valence-electron chi connectivity index (χ0n) is 16.0. The van der Waals surface area contributed by atoms with Crippen molar-refractivity contribution in [1.29, 1.82) is 0 Å². The third-order valence-electron chi connectivity index (χ3n) is 5.97. The van der Waals surface area contributed by atoms with Crippen LogP contribution in [0.5, 0.6) is 5.75 Å². The lowest BCUT2D eigenvalue weighted by Crippen LogP contribution is -2.28. The summed E-state index contributed by atoms with van der Waals surface area (Å²) in [7, 11) is 4.06. The molecule has 0 radical (unpaired) electrons. The van der Waals surface area contributed by atoms with Gasteiger partial charge in [0.25, 0.3) is 0 Å². The highest BCUT2D eigenvalue weighted by molar-refractivity contribution is 5.60. The molecule has 2 aromatic carbocycles. The van der Waals surface area contributed by atoms with Crippen molar-refractivity contribution in [2.75, 3.05) is 27.2 Å². The first-order valence-corrected chi connectivity index (χ1v) is 9.87. The summed E-state index contributed by atoms with van der Waals surface area (Å²) in [6.07, 6.45) is 10.4. The van der Waals surface area contributed by atoms with Crippen LogP contribution >= 0.6 is 0 Å². The van der Waals surface area contributed by atoms with Crippen molar-refractivity contribution in [3.63, 3.8) is 0 Å². The molecule has 0 heterocycles. The van der Waals surface area contributed by atoms with Crippen molar-refractivity contribution in [3.8, 4) is 5.75 Å². The average Bonchev–Trinajstić information content (AvgIpc) is 3.14. The molecule has 26 heavy (non-hydrogen) atoms. The second kappa shape index (κ2) is 7.67. The van der Waals surface area contributed by atoms with Gasteiger partial charge in [-0.15, -0.1) is 0 Å². The lowest BCUT2D eigenvalue weighted by atomic mass is 9.82. The summed E-state index contributed by atoms with van der Waals surface area (Å²) in [5, 5.41) is 0. The molecule has 0 aliphatic heterocycles. The molecule has 2 heteroatoms. The van der Waals surface area contributed by atoms with Gasteiger partial charge < -0.3 is 9.64 Å². The van der Waals surface area contributed by atoms with E-state index < -0.39 is 0 Å². The van der Waals surface area contributed by atoms with E-state index >= 15 is 0 Å². The Morgan fingerprint density at radius 2 is 2.12 bits per heavy atom. The van der Waals surface area contributed by atoms with E-state index in [-0.39, 0.29) is 0 Å². The molecular formula is C24H29NO. The third-order valence-corrected chi connectivity index (χ3v) is 5.97. The Labute approximate surface area is 157 Å². The van der Waals surface area contributed by atoms with Gasteiger partial charge in [-0.05, 0) is 79.0 Å². The Bertz CT molecular complexity index is 808. The summed E-state index contributed by atoms with van der Waals surface area (Å²) in [6, 6.07) is 13.5. The number of hydrogen-bond acceptors (Lipinski definition) is 2. The maximum atomic E-state index is 5.59. The predicted octanol–water partition coefficient (Wildman–Crippen LogP) is 4.86. The monoisotopic (exact) mass is 347 g/mol. The highest BCUT2D eigenvalue weighted by Crippen LogP contribution is 2.36. The number of benzene rings is 2. The van der Waals surface area contributed by atoms with Gasteiger partial charge in [-0.25, -0.2) is 0 Å². The lowest BCUT2D eigenvalue weighted by molar-refractivity contribution is 0.299. The molecule has 1 atom stereocenters. The summed E-state index contributed by atoms with van der Waals surface area (Å²) < 4.78 is 5.59. The molecule has 0 N–H and O–H groups in total. The number of nitrogens with zero attached hydrogens (tertiary/aromatic N) is 1. The molecule has 0 aromatic heterocycles. The third kappa shape index (κ3) is 3.57. The largest absolute Gasteiger partial charge is 0.496 e. The first-order valence-electron chi connectivity index (χ1n) is 9.87. The van der Waals surface area contributed by atoms with E-state index in [1.807, 2.05) is 0 Å². The van der Waals surface area contributed by atoms with Crippen LogP contribution in [0, 0.1) is 0 Å². The zero-order valence-corrected chi connectivity index (χ0v) is 16.0. The van der Waals surface area contributed by atoms with E-state index in [9.17, 15) is 0 Å². The second-order valence-electron chi connectivity index (χ2n) is 7.77. The predicted molar refractivity (Wildman–Crippen MR) is 109 cm³/mol. The molecule has 2 aliphatic rings. The smallest absolute Gasteiger partial charge is 0.122 e. The molecule has 1 unspecified atom stereocenters. The van der Waals surface area contributed by atoms with Crippen LogP contribution in [0.4, 0.5) is 0 Å². The van der Waals surface area contributed by atoms with Gasteiger partial charge in [0.05, 0.1) is 7.11 Å². The molecule has 2 aliphatic carbocycles. The number of ether oxygens (including phenoxy) is 1. The molecule has 2 nitrogen and oxygen atoms in total. The van der Waals surface area contributed by atoms with Crippen molar-refractivity contribution in [1.82, 2.24) is 4.90 Å². The fourth-order valence-corrected chi connectivity index (χ4v) is 4.55. The van der Waals surface area contributed by atoms with Crippen molar-refractivity contribution < 1.29 is 4.74 Å². The zero-order chi connectivity index (χ0) is 17.9. The first kappa shape index (κ1) is 17.4. The number of methoxy groups -OCH3 is 1. The number of allylic oxidation sites excluding steroid dienone is 1. The fourth-order valence-electron chi connectivity index (χ4n) is 4.55. The van der Waals surface area contributed by atoms with E-state index in [4.69, 9.17) is 4.74 Å². The standard InChI is InChI=1S/C24H29NO/c1-25(15-14-18-12-13-19-6-3-7-20(19)16-18)17-21-8-4-10-23-22(21)9-5-11-24(23)26-2/h3,5-6,9,11-13,16,21H,4,7-8,10,14-15,17H2,1-2H3. The summed E-state index contributed by atoms with van der Waals surface area (Å²) in [4.78, 5) is 2.50. The highest BCUT2D eigenvalue weighted by atomic mass is 16.5.